The van der Waals surface area contributed by atoms with E-state index in [4.69, 9.17) is 4.74 Å². The van der Waals surface area contributed by atoms with E-state index in [1.54, 1.807) is 12.1 Å². The van der Waals surface area contributed by atoms with Crippen molar-refractivity contribution >= 4 is 17.7 Å². The molecular formula is C29H30F3N3O4. The van der Waals surface area contributed by atoms with Gasteiger partial charge in [-0.15, -0.1) is 0 Å². The second-order valence-electron chi connectivity index (χ2n) is 9.23. The first kappa shape index (κ1) is 28.1. The lowest BCUT2D eigenvalue weighted by Crippen LogP contribution is -2.39. The molecule has 1 amide bonds. The second kappa shape index (κ2) is 12.8. The molecule has 0 radical (unpaired) electrons. The van der Waals surface area contributed by atoms with Crippen molar-refractivity contribution in [3.63, 3.8) is 0 Å². The number of rotatable bonds is 9. The van der Waals surface area contributed by atoms with Crippen molar-refractivity contribution in [2.24, 2.45) is 0 Å². The number of nitrogens with zero attached hydrogens (tertiary/aromatic N) is 2. The summed E-state index contributed by atoms with van der Waals surface area (Å²) in [6, 6.07) is 16.6. The number of amides is 1. The lowest BCUT2D eigenvalue weighted by atomic mass is 10.0. The molecule has 4 rings (SSSR count). The van der Waals surface area contributed by atoms with E-state index in [-0.39, 0.29) is 24.9 Å². The predicted octanol–water partition coefficient (Wildman–Crippen LogP) is 5.25. The topological polar surface area (TPSA) is 80.8 Å². The SMILES string of the molecule is COC(=O)CCNC(=O)c1ccc(N(Cc2ccc(-c3ccc(C(F)(F)F)cc3)cc2)C2CCOCC2)nc1. The number of hydrogen-bond donors (Lipinski definition) is 1. The summed E-state index contributed by atoms with van der Waals surface area (Å²) in [7, 11) is 1.30. The van der Waals surface area contributed by atoms with Gasteiger partial charge in [-0.1, -0.05) is 36.4 Å². The third-order valence-electron chi connectivity index (χ3n) is 6.63. The van der Waals surface area contributed by atoms with Crippen LogP contribution < -0.4 is 10.2 Å². The fourth-order valence-corrected chi connectivity index (χ4v) is 4.42. The van der Waals surface area contributed by atoms with E-state index >= 15 is 0 Å². The first-order valence-electron chi connectivity index (χ1n) is 12.7. The Hall–Kier alpha value is -3.92. The highest BCUT2D eigenvalue weighted by Gasteiger charge is 2.30. The molecule has 39 heavy (non-hydrogen) atoms. The third-order valence-corrected chi connectivity index (χ3v) is 6.63. The monoisotopic (exact) mass is 541 g/mol. The lowest BCUT2D eigenvalue weighted by molar-refractivity contribution is -0.140. The number of pyridine rings is 1. The maximum absolute atomic E-state index is 12.9. The van der Waals surface area contributed by atoms with Crippen LogP contribution in [0.15, 0.2) is 66.9 Å². The number of esters is 1. The first-order chi connectivity index (χ1) is 18.7. The average Bonchev–Trinajstić information content (AvgIpc) is 2.96. The number of nitrogens with one attached hydrogen (secondary N) is 1. The third kappa shape index (κ3) is 7.57. The van der Waals surface area contributed by atoms with Gasteiger partial charge in [0.1, 0.15) is 5.82 Å². The molecule has 0 atom stereocenters. The molecule has 1 fully saturated rings. The zero-order chi connectivity index (χ0) is 27.8. The molecule has 0 bridgehead atoms. The van der Waals surface area contributed by atoms with Gasteiger partial charge in [-0.2, -0.15) is 13.2 Å². The van der Waals surface area contributed by atoms with Gasteiger partial charge in [-0.25, -0.2) is 4.98 Å². The molecule has 7 nitrogen and oxygen atoms in total. The molecule has 206 valence electrons. The zero-order valence-corrected chi connectivity index (χ0v) is 21.5. The highest BCUT2D eigenvalue weighted by Crippen LogP contribution is 2.31. The molecule has 0 saturated carbocycles. The Bertz CT molecular complexity index is 1240. The fourth-order valence-electron chi connectivity index (χ4n) is 4.42. The Morgan fingerprint density at radius 1 is 1.00 bits per heavy atom. The molecule has 1 N–H and O–H groups in total. The largest absolute Gasteiger partial charge is 0.469 e. The molecule has 3 aromatic rings. The van der Waals surface area contributed by atoms with E-state index < -0.39 is 17.7 Å². The van der Waals surface area contributed by atoms with Gasteiger partial charge in [0.2, 0.25) is 0 Å². The Morgan fingerprint density at radius 2 is 1.64 bits per heavy atom. The summed E-state index contributed by atoms with van der Waals surface area (Å²) < 4.78 is 48.8. The number of ether oxygens (including phenoxy) is 2. The van der Waals surface area contributed by atoms with E-state index in [0.717, 1.165) is 41.9 Å². The Morgan fingerprint density at radius 3 is 2.21 bits per heavy atom. The molecule has 0 unspecified atom stereocenters. The molecule has 1 aliphatic heterocycles. The summed E-state index contributed by atoms with van der Waals surface area (Å²) in [5, 5.41) is 2.68. The molecule has 0 aliphatic carbocycles. The number of alkyl halides is 3. The summed E-state index contributed by atoms with van der Waals surface area (Å²) in [6.07, 6.45) is -1.09. The number of carbonyl (C=O) groups is 2. The standard InChI is InChI=1S/C29H30F3N3O4/c1-38-27(36)12-15-33-28(37)23-8-11-26(34-18-23)35(25-13-16-39-17-14-25)19-20-2-4-21(5-3-20)22-6-9-24(10-7-22)29(30,31)32/h2-11,18,25H,12-17,19H2,1H3,(H,33,37). The fraction of sp³-hybridized carbons (Fsp3) is 0.345. The number of carbonyl (C=O) groups excluding carboxylic acids is 2. The Labute approximate surface area is 224 Å². The Balaban J connectivity index is 1.46. The van der Waals surface area contributed by atoms with E-state index in [9.17, 15) is 22.8 Å². The maximum atomic E-state index is 12.9. The number of hydrogen-bond acceptors (Lipinski definition) is 6. The molecule has 0 spiro atoms. The minimum atomic E-state index is -4.36. The maximum Gasteiger partial charge on any atom is 0.416 e. The molecule has 1 aromatic heterocycles. The van der Waals surface area contributed by atoms with Gasteiger partial charge >= 0.3 is 12.1 Å². The van der Waals surface area contributed by atoms with Crippen LogP contribution in [0.2, 0.25) is 0 Å². The molecule has 1 saturated heterocycles. The van der Waals surface area contributed by atoms with E-state index in [0.29, 0.717) is 30.9 Å². The van der Waals surface area contributed by atoms with Crippen molar-refractivity contribution in [2.45, 2.75) is 38.0 Å². The van der Waals surface area contributed by atoms with Crippen molar-refractivity contribution in [3.8, 4) is 11.1 Å². The highest BCUT2D eigenvalue weighted by molar-refractivity contribution is 5.94. The summed E-state index contributed by atoms with van der Waals surface area (Å²) >= 11 is 0. The summed E-state index contributed by atoms with van der Waals surface area (Å²) in [5.41, 5.74) is 2.26. The van der Waals surface area contributed by atoms with Crippen LogP contribution >= 0.6 is 0 Å². The van der Waals surface area contributed by atoms with Crippen LogP contribution in [0.5, 0.6) is 0 Å². The van der Waals surface area contributed by atoms with Gasteiger partial charge in [0, 0.05) is 38.5 Å². The Kier molecular flexibility index (Phi) is 9.19. The molecule has 1 aliphatic rings. The summed E-state index contributed by atoms with van der Waals surface area (Å²) in [5.74, 6) is -0.00230. The van der Waals surface area contributed by atoms with Gasteiger partial charge in [0.25, 0.3) is 5.91 Å². The van der Waals surface area contributed by atoms with Gasteiger partial charge in [-0.05, 0) is 53.8 Å². The highest BCUT2D eigenvalue weighted by atomic mass is 19.4. The number of methoxy groups -OCH3 is 1. The predicted molar refractivity (Wildman–Crippen MR) is 140 cm³/mol. The molecule has 2 aromatic carbocycles. The van der Waals surface area contributed by atoms with E-state index in [1.807, 2.05) is 24.3 Å². The zero-order valence-electron chi connectivity index (χ0n) is 21.5. The number of anilines is 1. The van der Waals surface area contributed by atoms with Crippen molar-refractivity contribution in [1.82, 2.24) is 10.3 Å². The van der Waals surface area contributed by atoms with Crippen molar-refractivity contribution in [3.05, 3.63) is 83.6 Å². The van der Waals surface area contributed by atoms with Crippen LogP contribution in [-0.2, 0) is 27.0 Å². The minimum absolute atomic E-state index is 0.0862. The normalized spacial score (nSPS) is 14.1. The number of halogens is 3. The second-order valence-corrected chi connectivity index (χ2v) is 9.23. The number of aromatic nitrogens is 1. The summed E-state index contributed by atoms with van der Waals surface area (Å²) in [4.78, 5) is 30.4. The smallest absolute Gasteiger partial charge is 0.416 e. The van der Waals surface area contributed by atoms with Crippen molar-refractivity contribution in [2.75, 3.05) is 31.8 Å². The first-order valence-corrected chi connectivity index (χ1v) is 12.7. The van der Waals surface area contributed by atoms with Crippen LogP contribution in [0.1, 0.15) is 40.7 Å². The van der Waals surface area contributed by atoms with E-state index in [2.05, 4.69) is 19.9 Å². The molecule has 10 heteroatoms. The van der Waals surface area contributed by atoms with Gasteiger partial charge in [0.05, 0.1) is 24.7 Å². The van der Waals surface area contributed by atoms with Crippen LogP contribution in [-0.4, -0.2) is 49.8 Å². The van der Waals surface area contributed by atoms with Crippen LogP contribution in [0.3, 0.4) is 0 Å². The van der Waals surface area contributed by atoms with E-state index in [1.165, 1.54) is 25.4 Å². The average molecular weight is 542 g/mol. The van der Waals surface area contributed by atoms with Crippen LogP contribution in [0, 0.1) is 0 Å². The van der Waals surface area contributed by atoms with Gasteiger partial charge in [-0.3, -0.25) is 9.59 Å². The van der Waals surface area contributed by atoms with Crippen molar-refractivity contribution in [1.29, 1.82) is 0 Å². The minimum Gasteiger partial charge on any atom is -0.469 e. The lowest BCUT2D eigenvalue weighted by Gasteiger charge is -2.35. The van der Waals surface area contributed by atoms with Crippen LogP contribution in [0.25, 0.3) is 11.1 Å². The molecular weight excluding hydrogens is 511 g/mol. The number of benzene rings is 2. The van der Waals surface area contributed by atoms with Gasteiger partial charge in [0.15, 0.2) is 0 Å². The quantitative estimate of drug-likeness (QED) is 0.373. The van der Waals surface area contributed by atoms with Crippen LogP contribution in [0.4, 0.5) is 19.0 Å². The summed E-state index contributed by atoms with van der Waals surface area (Å²) in [6.45, 7) is 2.03. The van der Waals surface area contributed by atoms with Gasteiger partial charge < -0.3 is 19.7 Å². The van der Waals surface area contributed by atoms with Crippen molar-refractivity contribution < 1.29 is 32.2 Å². The molecule has 2 heterocycles.